The van der Waals surface area contributed by atoms with Gasteiger partial charge in [-0.15, -0.1) is 5.10 Å². The molecule has 2 N–H and O–H groups in total. The first-order valence-corrected chi connectivity index (χ1v) is 10.9. The number of nitrogens with zero attached hydrogens (tertiary/aromatic N) is 3. The molecule has 0 atom stereocenters. The first-order valence-electron chi connectivity index (χ1n) is 10.9. The maximum absolute atomic E-state index is 13.1. The minimum atomic E-state index is -4.36. The lowest BCUT2D eigenvalue weighted by atomic mass is 9.92. The highest BCUT2D eigenvalue weighted by atomic mass is 19.4. The quantitative estimate of drug-likeness (QED) is 0.579. The minimum absolute atomic E-state index is 0.0366. The molecule has 1 aromatic heterocycles. The molecule has 1 aliphatic heterocycles. The summed E-state index contributed by atoms with van der Waals surface area (Å²) in [5.41, 5.74) is 8.87. The number of carbonyl (C=O) groups excluding carboxylic acids is 1. The Labute approximate surface area is 190 Å². The van der Waals surface area contributed by atoms with Gasteiger partial charge in [0.2, 0.25) is 0 Å². The monoisotopic (exact) mass is 454 g/mol. The van der Waals surface area contributed by atoms with Crippen molar-refractivity contribution in [2.45, 2.75) is 38.3 Å². The van der Waals surface area contributed by atoms with Crippen molar-refractivity contribution in [3.05, 3.63) is 77.0 Å². The molecular weight excluding hydrogens is 429 g/mol. The average molecular weight is 454 g/mol. The summed E-state index contributed by atoms with van der Waals surface area (Å²) < 4.78 is 38.6. The number of amides is 1. The van der Waals surface area contributed by atoms with Gasteiger partial charge in [-0.05, 0) is 72.4 Å². The van der Waals surface area contributed by atoms with E-state index in [1.54, 1.807) is 12.1 Å². The molecule has 1 saturated heterocycles. The van der Waals surface area contributed by atoms with Gasteiger partial charge in [0.15, 0.2) is 0 Å². The van der Waals surface area contributed by atoms with Crippen LogP contribution in [0.3, 0.4) is 0 Å². The molecule has 0 aliphatic carbocycles. The van der Waals surface area contributed by atoms with Crippen molar-refractivity contribution in [3.8, 4) is 11.1 Å². The summed E-state index contributed by atoms with van der Waals surface area (Å²) >= 11 is 0. The van der Waals surface area contributed by atoms with Crippen LogP contribution in [-0.4, -0.2) is 34.1 Å². The first-order chi connectivity index (χ1) is 15.8. The van der Waals surface area contributed by atoms with Gasteiger partial charge in [-0.25, -0.2) is 0 Å². The van der Waals surface area contributed by atoms with Crippen LogP contribution in [0.4, 0.5) is 19.0 Å². The van der Waals surface area contributed by atoms with Crippen LogP contribution >= 0.6 is 0 Å². The second-order valence-corrected chi connectivity index (χ2v) is 8.25. The highest BCUT2D eigenvalue weighted by Gasteiger charge is 2.30. The van der Waals surface area contributed by atoms with Crippen LogP contribution in [0.15, 0.2) is 54.6 Å². The Kier molecular flexibility index (Phi) is 6.35. The molecule has 1 fully saturated rings. The molecule has 0 bridgehead atoms. The van der Waals surface area contributed by atoms with E-state index in [4.69, 9.17) is 5.73 Å². The van der Waals surface area contributed by atoms with Gasteiger partial charge < -0.3 is 10.6 Å². The van der Waals surface area contributed by atoms with E-state index in [1.165, 1.54) is 12.1 Å². The molecule has 8 heteroatoms. The molecule has 0 radical (unpaired) electrons. The highest BCUT2D eigenvalue weighted by molar-refractivity contribution is 5.95. The van der Waals surface area contributed by atoms with Gasteiger partial charge in [-0.1, -0.05) is 25.1 Å². The van der Waals surface area contributed by atoms with Crippen LogP contribution in [0.1, 0.15) is 52.9 Å². The number of likely N-dealkylation sites (tertiary alicyclic amines) is 1. The number of aryl methyl sites for hydroxylation is 1. The van der Waals surface area contributed by atoms with E-state index in [0.717, 1.165) is 41.8 Å². The molecule has 172 valence electrons. The van der Waals surface area contributed by atoms with E-state index in [-0.39, 0.29) is 11.8 Å². The number of nitrogen functional groups attached to an aromatic ring is 1. The van der Waals surface area contributed by atoms with Crippen molar-refractivity contribution in [3.63, 3.8) is 0 Å². The van der Waals surface area contributed by atoms with Gasteiger partial charge in [-0.2, -0.15) is 18.3 Å². The summed E-state index contributed by atoms with van der Waals surface area (Å²) in [4.78, 5) is 15.0. The topological polar surface area (TPSA) is 72.1 Å². The second-order valence-electron chi connectivity index (χ2n) is 8.25. The normalized spacial score (nSPS) is 15.0. The average Bonchev–Trinajstić information content (AvgIpc) is 2.83. The number of piperidine rings is 1. The zero-order chi connectivity index (χ0) is 23.6. The minimum Gasteiger partial charge on any atom is -0.382 e. The number of carbonyl (C=O) groups is 1. The standard InChI is InChI=1S/C25H25F3N4O/c1-2-16-15-19(5-8-21(16)17-3-6-20(7-4-17)25(26,27)28)24(33)32-13-11-18(12-14-32)22-9-10-23(29)31-30-22/h3-10,15,18H,2,11-14H2,1H3,(H2,29,31). The van der Waals surface area contributed by atoms with Crippen LogP contribution in [0, 0.1) is 0 Å². The summed E-state index contributed by atoms with van der Waals surface area (Å²) in [6.45, 7) is 3.21. The van der Waals surface area contributed by atoms with Crippen LogP contribution in [0.25, 0.3) is 11.1 Å². The molecule has 0 unspecified atom stereocenters. The molecule has 2 aromatic carbocycles. The van der Waals surface area contributed by atoms with Gasteiger partial charge in [0.25, 0.3) is 5.91 Å². The molecular formula is C25H25F3N4O. The smallest absolute Gasteiger partial charge is 0.382 e. The van der Waals surface area contributed by atoms with Crippen LogP contribution in [-0.2, 0) is 12.6 Å². The Balaban J connectivity index is 1.47. The van der Waals surface area contributed by atoms with E-state index >= 15 is 0 Å². The predicted molar refractivity (Wildman–Crippen MR) is 121 cm³/mol. The van der Waals surface area contributed by atoms with Gasteiger partial charge >= 0.3 is 6.18 Å². The molecule has 1 amide bonds. The lowest BCUT2D eigenvalue weighted by Crippen LogP contribution is -2.38. The zero-order valence-electron chi connectivity index (χ0n) is 18.3. The van der Waals surface area contributed by atoms with Gasteiger partial charge in [0.05, 0.1) is 11.3 Å². The Hall–Kier alpha value is -3.42. The van der Waals surface area contributed by atoms with Crippen molar-refractivity contribution < 1.29 is 18.0 Å². The molecule has 0 spiro atoms. The highest BCUT2D eigenvalue weighted by Crippen LogP contribution is 2.33. The summed E-state index contributed by atoms with van der Waals surface area (Å²) in [5, 5.41) is 8.09. The van der Waals surface area contributed by atoms with Gasteiger partial charge in [-0.3, -0.25) is 4.79 Å². The lowest BCUT2D eigenvalue weighted by molar-refractivity contribution is -0.137. The van der Waals surface area contributed by atoms with E-state index in [1.807, 2.05) is 30.0 Å². The third-order valence-corrected chi connectivity index (χ3v) is 6.16. The lowest BCUT2D eigenvalue weighted by Gasteiger charge is -2.31. The fraction of sp³-hybridized carbons (Fsp3) is 0.320. The summed E-state index contributed by atoms with van der Waals surface area (Å²) in [7, 11) is 0. The molecule has 1 aliphatic rings. The fourth-order valence-corrected chi connectivity index (χ4v) is 4.27. The maximum atomic E-state index is 13.1. The summed E-state index contributed by atoms with van der Waals surface area (Å²) in [5.74, 6) is 0.596. The molecule has 3 aromatic rings. The maximum Gasteiger partial charge on any atom is 0.416 e. The zero-order valence-corrected chi connectivity index (χ0v) is 18.3. The number of anilines is 1. The van der Waals surface area contributed by atoms with Crippen molar-refractivity contribution in [2.75, 3.05) is 18.8 Å². The largest absolute Gasteiger partial charge is 0.416 e. The van der Waals surface area contributed by atoms with Crippen LogP contribution in [0.2, 0.25) is 0 Å². The summed E-state index contributed by atoms with van der Waals surface area (Å²) in [6, 6.07) is 14.2. The number of hydrogen-bond acceptors (Lipinski definition) is 4. The summed E-state index contributed by atoms with van der Waals surface area (Å²) in [6.07, 6.45) is -2.10. The number of benzene rings is 2. The van der Waals surface area contributed by atoms with E-state index < -0.39 is 11.7 Å². The number of aromatic nitrogens is 2. The molecule has 4 rings (SSSR count). The number of nitrogens with two attached hydrogens (primary N) is 1. The molecule has 33 heavy (non-hydrogen) atoms. The third kappa shape index (κ3) is 4.99. The fourth-order valence-electron chi connectivity index (χ4n) is 4.27. The van der Waals surface area contributed by atoms with Crippen LogP contribution in [0.5, 0.6) is 0 Å². The van der Waals surface area contributed by atoms with Crippen molar-refractivity contribution in [2.24, 2.45) is 0 Å². The van der Waals surface area contributed by atoms with Gasteiger partial charge in [0.1, 0.15) is 5.82 Å². The van der Waals surface area contributed by atoms with Crippen molar-refractivity contribution in [1.82, 2.24) is 15.1 Å². The Bertz CT molecular complexity index is 1120. The Morgan fingerprint density at radius 2 is 1.73 bits per heavy atom. The van der Waals surface area contributed by atoms with E-state index in [2.05, 4.69) is 10.2 Å². The third-order valence-electron chi connectivity index (χ3n) is 6.16. The SMILES string of the molecule is CCc1cc(C(=O)N2CCC(c3ccc(N)nn3)CC2)ccc1-c1ccc(C(F)(F)F)cc1. The Morgan fingerprint density at radius 3 is 2.30 bits per heavy atom. The number of halogens is 3. The van der Waals surface area contributed by atoms with Crippen molar-refractivity contribution >= 4 is 11.7 Å². The van der Waals surface area contributed by atoms with Crippen molar-refractivity contribution in [1.29, 1.82) is 0 Å². The predicted octanol–water partition coefficient (Wildman–Crippen LogP) is 5.33. The van der Waals surface area contributed by atoms with Crippen LogP contribution < -0.4 is 5.73 Å². The van der Waals surface area contributed by atoms with E-state index in [0.29, 0.717) is 36.5 Å². The number of rotatable bonds is 4. The molecule has 2 heterocycles. The first kappa shape index (κ1) is 22.8. The van der Waals surface area contributed by atoms with E-state index in [9.17, 15) is 18.0 Å². The number of hydrogen-bond donors (Lipinski definition) is 1. The molecule has 5 nitrogen and oxygen atoms in total. The molecule has 0 saturated carbocycles. The van der Waals surface area contributed by atoms with Gasteiger partial charge in [0, 0.05) is 24.6 Å². The second kappa shape index (κ2) is 9.21. The Morgan fingerprint density at radius 1 is 1.03 bits per heavy atom. The number of alkyl halides is 3.